The predicted octanol–water partition coefficient (Wildman–Crippen LogP) is 1.94. The standard InChI is InChI=1S/C9H9NO4S/c1-15-7-4-2-3-6(5-8(11)12)9(7)10(13)14/h2-4H,5H2,1H3,(H,11,12). The maximum absolute atomic E-state index is 10.8. The van der Waals surface area contributed by atoms with Crippen LogP contribution in [0.2, 0.25) is 0 Å². The van der Waals surface area contributed by atoms with Crippen molar-refractivity contribution in [2.24, 2.45) is 0 Å². The van der Waals surface area contributed by atoms with Gasteiger partial charge in [-0.2, -0.15) is 0 Å². The molecule has 5 nitrogen and oxygen atoms in total. The molecule has 1 rings (SSSR count). The molecule has 0 amide bonds. The van der Waals surface area contributed by atoms with E-state index >= 15 is 0 Å². The van der Waals surface area contributed by atoms with Crippen LogP contribution in [0.3, 0.4) is 0 Å². The fraction of sp³-hybridized carbons (Fsp3) is 0.222. The van der Waals surface area contributed by atoms with Gasteiger partial charge in [-0.3, -0.25) is 14.9 Å². The smallest absolute Gasteiger partial charge is 0.308 e. The first kappa shape index (κ1) is 11.5. The van der Waals surface area contributed by atoms with E-state index < -0.39 is 10.9 Å². The highest BCUT2D eigenvalue weighted by molar-refractivity contribution is 7.98. The first-order valence-corrected chi connectivity index (χ1v) is 5.30. The van der Waals surface area contributed by atoms with E-state index in [-0.39, 0.29) is 17.7 Å². The fourth-order valence-corrected chi connectivity index (χ4v) is 1.86. The van der Waals surface area contributed by atoms with Crippen molar-refractivity contribution in [1.82, 2.24) is 0 Å². The fourth-order valence-electron chi connectivity index (χ4n) is 1.25. The number of rotatable bonds is 4. The van der Waals surface area contributed by atoms with E-state index in [1.165, 1.54) is 17.8 Å². The molecule has 0 saturated heterocycles. The second-order valence-electron chi connectivity index (χ2n) is 2.80. The lowest BCUT2D eigenvalue weighted by Crippen LogP contribution is -2.04. The Bertz CT molecular complexity index is 405. The third kappa shape index (κ3) is 2.69. The third-order valence-electron chi connectivity index (χ3n) is 1.83. The quantitative estimate of drug-likeness (QED) is 0.483. The molecule has 0 radical (unpaired) electrons. The Hall–Kier alpha value is -1.56. The first-order valence-electron chi connectivity index (χ1n) is 4.08. The third-order valence-corrected chi connectivity index (χ3v) is 2.60. The summed E-state index contributed by atoms with van der Waals surface area (Å²) in [5.74, 6) is -1.07. The van der Waals surface area contributed by atoms with Crippen LogP contribution in [0, 0.1) is 10.1 Å². The molecule has 0 heterocycles. The van der Waals surface area contributed by atoms with Crippen LogP contribution in [-0.4, -0.2) is 22.3 Å². The van der Waals surface area contributed by atoms with Gasteiger partial charge in [0.2, 0.25) is 0 Å². The number of aliphatic carboxylic acids is 1. The van der Waals surface area contributed by atoms with E-state index in [9.17, 15) is 14.9 Å². The highest BCUT2D eigenvalue weighted by Crippen LogP contribution is 2.30. The molecule has 15 heavy (non-hydrogen) atoms. The number of nitro groups is 1. The van der Waals surface area contributed by atoms with Crippen molar-refractivity contribution in [2.45, 2.75) is 11.3 Å². The molecule has 0 aliphatic rings. The van der Waals surface area contributed by atoms with Gasteiger partial charge in [-0.25, -0.2) is 0 Å². The maximum Gasteiger partial charge on any atom is 0.308 e. The van der Waals surface area contributed by atoms with Crippen LogP contribution in [0.4, 0.5) is 5.69 Å². The number of benzene rings is 1. The van der Waals surface area contributed by atoms with Gasteiger partial charge in [-0.1, -0.05) is 12.1 Å². The monoisotopic (exact) mass is 227 g/mol. The molecule has 80 valence electrons. The van der Waals surface area contributed by atoms with Gasteiger partial charge in [-0.15, -0.1) is 11.8 Å². The summed E-state index contributed by atoms with van der Waals surface area (Å²) in [6.07, 6.45) is 1.39. The maximum atomic E-state index is 10.8. The number of hydrogen-bond acceptors (Lipinski definition) is 4. The predicted molar refractivity (Wildman–Crippen MR) is 56.2 cm³/mol. The van der Waals surface area contributed by atoms with Crippen molar-refractivity contribution in [2.75, 3.05) is 6.26 Å². The lowest BCUT2D eigenvalue weighted by molar-refractivity contribution is -0.388. The molecule has 0 fully saturated rings. The number of carboxylic acid groups (broad SMARTS) is 1. The molecular weight excluding hydrogens is 218 g/mol. The molecule has 1 aromatic rings. The minimum atomic E-state index is -1.07. The average molecular weight is 227 g/mol. The molecule has 1 N–H and O–H groups in total. The summed E-state index contributed by atoms with van der Waals surface area (Å²) in [4.78, 5) is 21.2. The van der Waals surface area contributed by atoms with Gasteiger partial charge in [0.15, 0.2) is 0 Å². The highest BCUT2D eigenvalue weighted by atomic mass is 32.2. The summed E-state index contributed by atoms with van der Waals surface area (Å²) in [6.45, 7) is 0. The molecule has 0 bridgehead atoms. The van der Waals surface area contributed by atoms with Crippen LogP contribution >= 0.6 is 11.8 Å². The number of hydrogen-bond donors (Lipinski definition) is 1. The Morgan fingerprint density at radius 3 is 2.73 bits per heavy atom. The molecule has 0 aromatic heterocycles. The number of carbonyl (C=O) groups is 1. The van der Waals surface area contributed by atoms with E-state index in [0.29, 0.717) is 4.90 Å². The zero-order valence-corrected chi connectivity index (χ0v) is 8.78. The lowest BCUT2D eigenvalue weighted by atomic mass is 10.1. The van der Waals surface area contributed by atoms with Crippen LogP contribution in [0.1, 0.15) is 5.56 Å². The normalized spacial score (nSPS) is 9.93. The molecule has 0 spiro atoms. The van der Waals surface area contributed by atoms with Gasteiger partial charge in [0.25, 0.3) is 5.69 Å². The Balaban J connectivity index is 3.25. The van der Waals surface area contributed by atoms with Gasteiger partial charge >= 0.3 is 5.97 Å². The van der Waals surface area contributed by atoms with Crippen molar-refractivity contribution in [3.05, 3.63) is 33.9 Å². The van der Waals surface area contributed by atoms with Gasteiger partial charge in [0.05, 0.1) is 16.2 Å². The van der Waals surface area contributed by atoms with Crippen LogP contribution in [0.25, 0.3) is 0 Å². The van der Waals surface area contributed by atoms with Crippen molar-refractivity contribution < 1.29 is 14.8 Å². The van der Waals surface area contributed by atoms with Crippen molar-refractivity contribution in [3.63, 3.8) is 0 Å². The molecule has 0 aliphatic heterocycles. The summed E-state index contributed by atoms with van der Waals surface area (Å²) in [5.41, 5.74) is 0.131. The van der Waals surface area contributed by atoms with Crippen molar-refractivity contribution >= 4 is 23.4 Å². The van der Waals surface area contributed by atoms with E-state index in [1.54, 1.807) is 18.4 Å². The zero-order chi connectivity index (χ0) is 11.4. The summed E-state index contributed by atoms with van der Waals surface area (Å²) < 4.78 is 0. The highest BCUT2D eigenvalue weighted by Gasteiger charge is 2.20. The molecule has 0 saturated carbocycles. The van der Waals surface area contributed by atoms with Crippen molar-refractivity contribution in [1.29, 1.82) is 0 Å². The van der Waals surface area contributed by atoms with Gasteiger partial charge in [0.1, 0.15) is 0 Å². The van der Waals surface area contributed by atoms with Crippen LogP contribution in [0.5, 0.6) is 0 Å². The summed E-state index contributed by atoms with van der Waals surface area (Å²) in [7, 11) is 0. The van der Waals surface area contributed by atoms with Crippen molar-refractivity contribution in [3.8, 4) is 0 Å². The van der Waals surface area contributed by atoms with Gasteiger partial charge in [0, 0.05) is 5.56 Å². The number of carboxylic acids is 1. The minimum absolute atomic E-state index is 0.104. The Morgan fingerprint density at radius 2 is 2.27 bits per heavy atom. The molecule has 0 aliphatic carbocycles. The largest absolute Gasteiger partial charge is 0.481 e. The summed E-state index contributed by atoms with van der Waals surface area (Å²) in [5, 5.41) is 19.4. The molecule has 1 aromatic carbocycles. The Kier molecular flexibility index (Phi) is 3.68. The van der Waals surface area contributed by atoms with E-state index in [4.69, 9.17) is 5.11 Å². The number of nitro benzene ring substituents is 1. The Morgan fingerprint density at radius 1 is 1.60 bits per heavy atom. The second kappa shape index (κ2) is 4.79. The first-order chi connectivity index (χ1) is 7.06. The lowest BCUT2D eigenvalue weighted by Gasteiger charge is -2.03. The summed E-state index contributed by atoms with van der Waals surface area (Å²) in [6, 6.07) is 4.69. The Labute approximate surface area is 90.3 Å². The zero-order valence-electron chi connectivity index (χ0n) is 7.97. The molecular formula is C9H9NO4S. The van der Waals surface area contributed by atoms with E-state index in [2.05, 4.69) is 0 Å². The molecule has 6 heteroatoms. The summed E-state index contributed by atoms with van der Waals surface area (Å²) >= 11 is 1.23. The number of nitrogens with zero attached hydrogens (tertiary/aromatic N) is 1. The molecule has 0 atom stereocenters. The number of para-hydroxylation sites is 1. The second-order valence-corrected chi connectivity index (χ2v) is 3.64. The minimum Gasteiger partial charge on any atom is -0.481 e. The van der Waals surface area contributed by atoms with Crippen LogP contribution in [0.15, 0.2) is 23.1 Å². The van der Waals surface area contributed by atoms with Crippen LogP contribution in [-0.2, 0) is 11.2 Å². The molecule has 0 unspecified atom stereocenters. The number of thioether (sulfide) groups is 1. The van der Waals surface area contributed by atoms with Gasteiger partial charge < -0.3 is 5.11 Å². The van der Waals surface area contributed by atoms with E-state index in [1.807, 2.05) is 0 Å². The topological polar surface area (TPSA) is 80.4 Å². The van der Waals surface area contributed by atoms with Crippen LogP contribution < -0.4 is 0 Å². The van der Waals surface area contributed by atoms with E-state index in [0.717, 1.165) is 0 Å². The van der Waals surface area contributed by atoms with Gasteiger partial charge in [-0.05, 0) is 12.3 Å². The SMILES string of the molecule is CSc1cccc(CC(=O)O)c1[N+](=O)[O-]. The average Bonchev–Trinajstić information content (AvgIpc) is 2.15.